The quantitative estimate of drug-likeness (QED) is 0.863. The summed E-state index contributed by atoms with van der Waals surface area (Å²) in [5.41, 5.74) is 1.37. The van der Waals surface area contributed by atoms with Crippen molar-refractivity contribution >= 4 is 5.97 Å². The summed E-state index contributed by atoms with van der Waals surface area (Å²) in [5, 5.41) is 17.7. The summed E-state index contributed by atoms with van der Waals surface area (Å²) < 4.78 is 0. The number of carboxylic acid groups (broad SMARTS) is 1. The van der Waals surface area contributed by atoms with Crippen molar-refractivity contribution in [1.82, 2.24) is 9.88 Å². The smallest absolute Gasteiger partial charge is 0.303 e. The molecule has 1 unspecified atom stereocenters. The molecule has 1 aliphatic heterocycles. The van der Waals surface area contributed by atoms with Crippen LogP contribution < -0.4 is 0 Å². The number of pyridine rings is 1. The van der Waals surface area contributed by atoms with Gasteiger partial charge in [0.2, 0.25) is 0 Å². The fourth-order valence-electron chi connectivity index (χ4n) is 2.38. The summed E-state index contributed by atoms with van der Waals surface area (Å²) in [6.45, 7) is 2.34. The highest BCUT2D eigenvalue weighted by Crippen LogP contribution is 2.21. The van der Waals surface area contributed by atoms with E-state index < -0.39 is 5.97 Å². The molecule has 0 radical (unpaired) electrons. The molecule has 0 saturated carbocycles. The van der Waals surface area contributed by atoms with Crippen molar-refractivity contribution in [3.05, 3.63) is 29.6 Å². The zero-order chi connectivity index (χ0) is 13.0. The number of nitriles is 1. The molecule has 0 spiro atoms. The lowest BCUT2D eigenvalue weighted by molar-refractivity contribution is -0.138. The number of carboxylic acids is 1. The van der Waals surface area contributed by atoms with E-state index >= 15 is 0 Å². The van der Waals surface area contributed by atoms with E-state index in [1.54, 1.807) is 6.20 Å². The standard InChI is InChI=1S/C13H15N3O2/c14-7-12-11(2-1-4-15-12)9-16-5-3-10(8-16)6-13(17)18/h1-2,4,10H,3,5-6,8-9H2,(H,17,18). The van der Waals surface area contributed by atoms with Crippen LogP contribution in [0.25, 0.3) is 0 Å². The zero-order valence-corrected chi connectivity index (χ0v) is 10.0. The first-order valence-corrected chi connectivity index (χ1v) is 5.97. The molecule has 0 aromatic carbocycles. The fourth-order valence-corrected chi connectivity index (χ4v) is 2.38. The average molecular weight is 245 g/mol. The normalized spacial score (nSPS) is 19.6. The van der Waals surface area contributed by atoms with E-state index in [1.807, 2.05) is 12.1 Å². The van der Waals surface area contributed by atoms with Crippen LogP contribution in [0.1, 0.15) is 24.1 Å². The second kappa shape index (κ2) is 5.61. The Bertz CT molecular complexity index is 481. The lowest BCUT2D eigenvalue weighted by atomic mass is 10.1. The Labute approximate surface area is 106 Å². The number of nitrogens with zero attached hydrogens (tertiary/aromatic N) is 3. The SMILES string of the molecule is N#Cc1ncccc1CN1CCC(CC(=O)O)C1. The van der Waals surface area contributed by atoms with E-state index in [0.29, 0.717) is 12.2 Å². The second-order valence-electron chi connectivity index (χ2n) is 4.61. The minimum atomic E-state index is -0.735. The molecule has 5 nitrogen and oxygen atoms in total. The molecule has 94 valence electrons. The largest absolute Gasteiger partial charge is 0.481 e. The van der Waals surface area contributed by atoms with E-state index in [2.05, 4.69) is 16.0 Å². The van der Waals surface area contributed by atoms with E-state index in [9.17, 15) is 4.79 Å². The number of aromatic nitrogens is 1. The molecule has 2 heterocycles. The van der Waals surface area contributed by atoms with Gasteiger partial charge in [-0.05, 0) is 24.9 Å². The fraction of sp³-hybridized carbons (Fsp3) is 0.462. The van der Waals surface area contributed by atoms with E-state index in [0.717, 1.165) is 25.1 Å². The summed E-state index contributed by atoms with van der Waals surface area (Å²) in [4.78, 5) is 16.9. The lowest BCUT2D eigenvalue weighted by Crippen LogP contribution is -2.21. The lowest BCUT2D eigenvalue weighted by Gasteiger charge is -2.15. The molecule has 1 fully saturated rings. The van der Waals surface area contributed by atoms with Gasteiger partial charge in [0.15, 0.2) is 0 Å². The molecule has 1 saturated heterocycles. The third-order valence-corrected chi connectivity index (χ3v) is 3.22. The Morgan fingerprint density at radius 3 is 3.22 bits per heavy atom. The highest BCUT2D eigenvalue weighted by molar-refractivity contribution is 5.67. The molecular weight excluding hydrogens is 230 g/mol. The zero-order valence-electron chi connectivity index (χ0n) is 10.0. The van der Waals surface area contributed by atoms with E-state index in [1.165, 1.54) is 0 Å². The van der Waals surface area contributed by atoms with Gasteiger partial charge in [-0.25, -0.2) is 4.98 Å². The van der Waals surface area contributed by atoms with Gasteiger partial charge >= 0.3 is 5.97 Å². The van der Waals surface area contributed by atoms with E-state index in [-0.39, 0.29) is 12.3 Å². The number of hydrogen-bond donors (Lipinski definition) is 1. The first-order valence-electron chi connectivity index (χ1n) is 5.97. The number of aliphatic carboxylic acids is 1. The molecular formula is C13H15N3O2. The number of rotatable bonds is 4. The highest BCUT2D eigenvalue weighted by atomic mass is 16.4. The minimum absolute atomic E-state index is 0.227. The van der Waals surface area contributed by atoms with Crippen molar-refractivity contribution < 1.29 is 9.90 Å². The summed E-state index contributed by atoms with van der Waals surface area (Å²) >= 11 is 0. The minimum Gasteiger partial charge on any atom is -0.481 e. The molecule has 1 N–H and O–H groups in total. The maximum atomic E-state index is 10.6. The predicted molar refractivity (Wildman–Crippen MR) is 64.6 cm³/mol. The molecule has 1 aliphatic rings. The van der Waals surface area contributed by atoms with Gasteiger partial charge in [0.1, 0.15) is 11.8 Å². The number of likely N-dealkylation sites (tertiary alicyclic amines) is 1. The van der Waals surface area contributed by atoms with Crippen LogP contribution in [-0.4, -0.2) is 34.0 Å². The average Bonchev–Trinajstić information content (AvgIpc) is 2.76. The predicted octanol–water partition coefficient (Wildman–Crippen LogP) is 1.25. The van der Waals surface area contributed by atoms with Gasteiger partial charge in [-0.15, -0.1) is 0 Å². The van der Waals surface area contributed by atoms with Crippen LogP contribution in [0.5, 0.6) is 0 Å². The van der Waals surface area contributed by atoms with Crippen molar-refractivity contribution in [3.8, 4) is 6.07 Å². The number of carbonyl (C=O) groups is 1. The van der Waals surface area contributed by atoms with Crippen molar-refractivity contribution in [2.45, 2.75) is 19.4 Å². The van der Waals surface area contributed by atoms with Crippen molar-refractivity contribution in [3.63, 3.8) is 0 Å². The van der Waals surface area contributed by atoms with Gasteiger partial charge in [0.05, 0.1) is 0 Å². The summed E-state index contributed by atoms with van der Waals surface area (Å²) in [6.07, 6.45) is 2.75. The number of hydrogen-bond acceptors (Lipinski definition) is 4. The Hall–Kier alpha value is -1.93. The Morgan fingerprint density at radius 2 is 2.50 bits per heavy atom. The Kier molecular flexibility index (Phi) is 3.90. The maximum absolute atomic E-state index is 10.6. The molecule has 0 aliphatic carbocycles. The second-order valence-corrected chi connectivity index (χ2v) is 4.61. The van der Waals surface area contributed by atoms with Crippen LogP contribution in [0.4, 0.5) is 0 Å². The van der Waals surface area contributed by atoms with Crippen molar-refractivity contribution in [2.24, 2.45) is 5.92 Å². The van der Waals surface area contributed by atoms with Crippen LogP contribution in [0.3, 0.4) is 0 Å². The molecule has 18 heavy (non-hydrogen) atoms. The van der Waals surface area contributed by atoms with Crippen molar-refractivity contribution in [2.75, 3.05) is 13.1 Å². The molecule has 0 bridgehead atoms. The van der Waals surface area contributed by atoms with E-state index in [4.69, 9.17) is 10.4 Å². The monoisotopic (exact) mass is 245 g/mol. The Balaban J connectivity index is 1.95. The van der Waals surface area contributed by atoms with Crippen LogP contribution in [0, 0.1) is 17.2 Å². The van der Waals surface area contributed by atoms with Gasteiger partial charge < -0.3 is 5.11 Å². The third-order valence-electron chi connectivity index (χ3n) is 3.22. The maximum Gasteiger partial charge on any atom is 0.303 e. The molecule has 1 aromatic rings. The first kappa shape index (κ1) is 12.5. The highest BCUT2D eigenvalue weighted by Gasteiger charge is 2.24. The third kappa shape index (κ3) is 3.05. The van der Waals surface area contributed by atoms with Gasteiger partial charge in [0, 0.05) is 31.3 Å². The summed E-state index contributed by atoms with van der Waals surface area (Å²) in [7, 11) is 0. The van der Waals surface area contributed by atoms with Gasteiger partial charge in [0.25, 0.3) is 0 Å². The van der Waals surface area contributed by atoms with Gasteiger partial charge in [-0.1, -0.05) is 6.07 Å². The molecule has 1 aromatic heterocycles. The summed E-state index contributed by atoms with van der Waals surface area (Å²) in [6, 6.07) is 5.80. The Morgan fingerprint density at radius 1 is 1.67 bits per heavy atom. The van der Waals surface area contributed by atoms with Crippen LogP contribution in [0.2, 0.25) is 0 Å². The topological polar surface area (TPSA) is 77.2 Å². The van der Waals surface area contributed by atoms with Gasteiger partial charge in [-0.2, -0.15) is 5.26 Å². The van der Waals surface area contributed by atoms with Crippen LogP contribution >= 0.6 is 0 Å². The molecule has 5 heteroatoms. The first-order chi connectivity index (χ1) is 8.69. The van der Waals surface area contributed by atoms with Crippen LogP contribution in [0.15, 0.2) is 18.3 Å². The summed E-state index contributed by atoms with van der Waals surface area (Å²) in [5.74, 6) is -0.509. The molecule has 0 amide bonds. The van der Waals surface area contributed by atoms with Crippen molar-refractivity contribution in [1.29, 1.82) is 5.26 Å². The van der Waals surface area contributed by atoms with Gasteiger partial charge in [-0.3, -0.25) is 9.69 Å². The molecule has 1 atom stereocenters. The van der Waals surface area contributed by atoms with Crippen LogP contribution in [-0.2, 0) is 11.3 Å². The molecule has 2 rings (SSSR count).